The number of ketones is 1. The number of hydrogen-bond acceptors (Lipinski definition) is 4. The Morgan fingerprint density at radius 2 is 2.08 bits per heavy atom. The lowest BCUT2D eigenvalue weighted by atomic mass is 10.1. The minimum absolute atomic E-state index is 0.0129. The van der Waals surface area contributed by atoms with Gasteiger partial charge in [-0.1, -0.05) is 0 Å². The Bertz CT molecular complexity index is 164. The molecule has 12 heavy (non-hydrogen) atoms. The Kier molecular flexibility index (Phi) is 5.28. The number of methoxy groups -OCH3 is 1. The molecule has 0 amide bonds. The van der Waals surface area contributed by atoms with Crippen LogP contribution in [0.1, 0.15) is 26.2 Å². The second-order valence-corrected chi connectivity index (χ2v) is 2.67. The number of aliphatic hydroxyl groups excluding tert-OH is 1. The van der Waals surface area contributed by atoms with Crippen molar-refractivity contribution < 1.29 is 19.4 Å². The summed E-state index contributed by atoms with van der Waals surface area (Å²) in [5.41, 5.74) is 0. The number of carbonyl (C=O) groups excluding carboxylic acids is 2. The van der Waals surface area contributed by atoms with Crippen molar-refractivity contribution in [1.29, 1.82) is 0 Å². The van der Waals surface area contributed by atoms with Crippen molar-refractivity contribution in [3.63, 3.8) is 0 Å². The summed E-state index contributed by atoms with van der Waals surface area (Å²) in [5, 5.41) is 9.15. The molecule has 0 aliphatic carbocycles. The van der Waals surface area contributed by atoms with Gasteiger partial charge < -0.3 is 14.6 Å². The van der Waals surface area contributed by atoms with Crippen molar-refractivity contribution in [3.8, 4) is 0 Å². The van der Waals surface area contributed by atoms with Crippen molar-refractivity contribution in [2.45, 2.75) is 32.3 Å². The third-order valence-corrected chi connectivity index (χ3v) is 1.46. The summed E-state index contributed by atoms with van der Waals surface area (Å²) in [6.07, 6.45) is -0.173. The molecule has 0 aromatic heterocycles. The molecule has 1 N–H and O–H groups in total. The maximum Gasteiger partial charge on any atom is 0.308 e. The Balaban J connectivity index is 3.52. The smallest absolute Gasteiger partial charge is 0.308 e. The lowest BCUT2D eigenvalue weighted by molar-refractivity contribution is -0.143. The van der Waals surface area contributed by atoms with E-state index in [0.29, 0.717) is 12.8 Å². The zero-order chi connectivity index (χ0) is 9.56. The van der Waals surface area contributed by atoms with Crippen LogP contribution in [0.4, 0.5) is 0 Å². The third-order valence-electron chi connectivity index (χ3n) is 1.46. The molecular weight excluding hydrogens is 160 g/mol. The molecular formula is C8H14O4. The van der Waals surface area contributed by atoms with Gasteiger partial charge in [-0.25, -0.2) is 0 Å². The van der Waals surface area contributed by atoms with Crippen LogP contribution in [0.15, 0.2) is 0 Å². The number of hydrogen-bond donors (Lipinski definition) is 1. The highest BCUT2D eigenvalue weighted by molar-refractivity contribution is 5.75. The fraction of sp³-hybridized carbons (Fsp3) is 0.750. The molecule has 0 bridgehead atoms. The van der Waals surface area contributed by atoms with E-state index in [-0.39, 0.29) is 12.2 Å². The first kappa shape index (κ1) is 11.1. The lowest BCUT2D eigenvalue weighted by Crippen LogP contribution is -2.15. The molecule has 0 heterocycles. The highest BCUT2D eigenvalue weighted by Crippen LogP contribution is 2.02. The summed E-state index contributed by atoms with van der Waals surface area (Å²) in [7, 11) is 1.26. The SMILES string of the molecule is COC(=O)C[C@@H](O)CCC(C)=O. The standard InChI is InChI=1S/C8H14O4/c1-6(9)3-4-7(10)5-8(11)12-2/h7,10H,3-5H2,1-2H3/t7-/m0/s1. The molecule has 0 rings (SSSR count). The first-order valence-corrected chi connectivity index (χ1v) is 3.80. The molecule has 0 saturated heterocycles. The molecule has 70 valence electrons. The molecule has 0 radical (unpaired) electrons. The minimum atomic E-state index is -0.763. The zero-order valence-electron chi connectivity index (χ0n) is 7.37. The van der Waals surface area contributed by atoms with E-state index in [4.69, 9.17) is 5.11 Å². The molecule has 0 unspecified atom stereocenters. The maximum absolute atomic E-state index is 10.6. The van der Waals surface area contributed by atoms with E-state index in [1.54, 1.807) is 0 Å². The third kappa shape index (κ3) is 5.85. The average molecular weight is 174 g/mol. The van der Waals surface area contributed by atoms with Gasteiger partial charge in [0.2, 0.25) is 0 Å². The average Bonchev–Trinajstić information content (AvgIpc) is 2.00. The molecule has 0 aromatic carbocycles. The van der Waals surface area contributed by atoms with Crippen LogP contribution in [0, 0.1) is 0 Å². The van der Waals surface area contributed by atoms with Crippen LogP contribution >= 0.6 is 0 Å². The molecule has 0 spiro atoms. The fourth-order valence-corrected chi connectivity index (χ4v) is 0.748. The van der Waals surface area contributed by atoms with E-state index in [0.717, 1.165) is 0 Å². The molecule has 4 nitrogen and oxygen atoms in total. The van der Waals surface area contributed by atoms with Crippen LogP contribution in [0.5, 0.6) is 0 Å². The fourth-order valence-electron chi connectivity index (χ4n) is 0.748. The van der Waals surface area contributed by atoms with Gasteiger partial charge in [0, 0.05) is 6.42 Å². The van der Waals surface area contributed by atoms with E-state index in [1.165, 1.54) is 14.0 Å². The molecule has 0 aromatic rings. The number of rotatable bonds is 5. The molecule has 0 saturated carbocycles. The van der Waals surface area contributed by atoms with Gasteiger partial charge >= 0.3 is 5.97 Å². The van der Waals surface area contributed by atoms with Gasteiger partial charge in [0.05, 0.1) is 19.6 Å². The Morgan fingerprint density at radius 3 is 2.50 bits per heavy atom. The summed E-state index contributed by atoms with van der Waals surface area (Å²) in [5.74, 6) is -0.440. The van der Waals surface area contributed by atoms with Gasteiger partial charge in [-0.15, -0.1) is 0 Å². The van der Waals surface area contributed by atoms with Crippen LogP contribution in [-0.4, -0.2) is 30.1 Å². The van der Waals surface area contributed by atoms with Gasteiger partial charge in [0.1, 0.15) is 5.78 Å². The van der Waals surface area contributed by atoms with Crippen molar-refractivity contribution in [2.24, 2.45) is 0 Å². The van der Waals surface area contributed by atoms with Crippen molar-refractivity contribution in [2.75, 3.05) is 7.11 Å². The van der Waals surface area contributed by atoms with Crippen molar-refractivity contribution in [3.05, 3.63) is 0 Å². The quantitative estimate of drug-likeness (QED) is 0.608. The molecule has 0 aliphatic rings. The van der Waals surface area contributed by atoms with Crippen LogP contribution in [0.3, 0.4) is 0 Å². The van der Waals surface area contributed by atoms with Crippen molar-refractivity contribution >= 4 is 11.8 Å². The monoisotopic (exact) mass is 174 g/mol. The van der Waals surface area contributed by atoms with Crippen LogP contribution in [0.25, 0.3) is 0 Å². The number of Topliss-reactive ketones (excluding diaryl/α,β-unsaturated/α-hetero) is 1. The number of esters is 1. The number of carbonyl (C=O) groups is 2. The number of aliphatic hydroxyl groups is 1. The predicted molar refractivity (Wildman–Crippen MR) is 42.6 cm³/mol. The summed E-state index contributed by atoms with van der Waals surface area (Å²) < 4.78 is 4.34. The van der Waals surface area contributed by atoms with Crippen LogP contribution < -0.4 is 0 Å². The highest BCUT2D eigenvalue weighted by atomic mass is 16.5. The molecule has 4 heteroatoms. The largest absolute Gasteiger partial charge is 0.469 e. The highest BCUT2D eigenvalue weighted by Gasteiger charge is 2.11. The van der Waals surface area contributed by atoms with E-state index in [2.05, 4.69) is 4.74 Å². The lowest BCUT2D eigenvalue weighted by Gasteiger charge is -2.06. The van der Waals surface area contributed by atoms with Gasteiger partial charge in [-0.05, 0) is 13.3 Å². The first-order valence-electron chi connectivity index (χ1n) is 3.80. The van der Waals surface area contributed by atoms with E-state index in [9.17, 15) is 9.59 Å². The van der Waals surface area contributed by atoms with Crippen molar-refractivity contribution in [1.82, 2.24) is 0 Å². The van der Waals surface area contributed by atoms with E-state index >= 15 is 0 Å². The summed E-state index contributed by atoms with van der Waals surface area (Å²) in [6.45, 7) is 1.45. The first-order chi connectivity index (χ1) is 5.56. The normalized spacial score (nSPS) is 12.2. The van der Waals surface area contributed by atoms with E-state index < -0.39 is 12.1 Å². The Labute approximate surface area is 71.5 Å². The molecule has 0 fully saturated rings. The predicted octanol–water partition coefficient (Wildman–Crippen LogP) is 0.280. The van der Waals surface area contributed by atoms with Crippen LogP contribution in [0.2, 0.25) is 0 Å². The zero-order valence-corrected chi connectivity index (χ0v) is 7.37. The second kappa shape index (κ2) is 5.71. The Hall–Kier alpha value is -0.900. The summed E-state index contributed by atoms with van der Waals surface area (Å²) >= 11 is 0. The van der Waals surface area contributed by atoms with Gasteiger partial charge in [0.15, 0.2) is 0 Å². The molecule has 1 atom stereocenters. The second-order valence-electron chi connectivity index (χ2n) is 2.67. The van der Waals surface area contributed by atoms with Crippen LogP contribution in [-0.2, 0) is 14.3 Å². The number of ether oxygens (including phenoxy) is 1. The maximum atomic E-state index is 10.6. The Morgan fingerprint density at radius 1 is 1.50 bits per heavy atom. The minimum Gasteiger partial charge on any atom is -0.469 e. The summed E-state index contributed by atoms with van der Waals surface area (Å²) in [4.78, 5) is 21.1. The summed E-state index contributed by atoms with van der Waals surface area (Å²) in [6, 6.07) is 0. The topological polar surface area (TPSA) is 63.6 Å². The van der Waals surface area contributed by atoms with Gasteiger partial charge in [0.25, 0.3) is 0 Å². The van der Waals surface area contributed by atoms with E-state index in [1.807, 2.05) is 0 Å². The molecule has 0 aliphatic heterocycles. The van der Waals surface area contributed by atoms with Gasteiger partial charge in [-0.3, -0.25) is 4.79 Å². The van der Waals surface area contributed by atoms with Gasteiger partial charge in [-0.2, -0.15) is 0 Å².